The highest BCUT2D eigenvalue weighted by molar-refractivity contribution is 7.18. The van der Waals surface area contributed by atoms with E-state index in [1.54, 1.807) is 0 Å². The molecular weight excluding hydrogens is 362 g/mol. The minimum atomic E-state index is -0.471. The molecule has 0 spiro atoms. The van der Waals surface area contributed by atoms with Crippen LogP contribution < -0.4 is 10.6 Å². The van der Waals surface area contributed by atoms with Gasteiger partial charge in [-0.2, -0.15) is 0 Å². The molecule has 152 valence electrons. The van der Waals surface area contributed by atoms with E-state index in [4.69, 9.17) is 4.74 Å². The number of nitrogens with zero attached hydrogens (tertiary/aromatic N) is 1. The van der Waals surface area contributed by atoms with Crippen molar-refractivity contribution in [3.8, 4) is 0 Å². The molecule has 0 aromatic carbocycles. The van der Waals surface area contributed by atoms with Crippen molar-refractivity contribution < 1.29 is 14.3 Å². The fourth-order valence-electron chi connectivity index (χ4n) is 2.98. The lowest BCUT2D eigenvalue weighted by molar-refractivity contribution is -0.123. The SMILES string of the molecule is CC[C@@](C)(CNC(=O)c1sc(NC(=O)C(C)(C)C)cc1C)N1CCOCC1. The van der Waals surface area contributed by atoms with E-state index in [-0.39, 0.29) is 17.4 Å². The van der Waals surface area contributed by atoms with E-state index in [1.165, 1.54) is 11.3 Å². The third kappa shape index (κ3) is 5.53. The van der Waals surface area contributed by atoms with Crippen LogP contribution in [0.2, 0.25) is 0 Å². The zero-order valence-electron chi connectivity index (χ0n) is 17.4. The van der Waals surface area contributed by atoms with E-state index in [1.807, 2.05) is 33.8 Å². The summed E-state index contributed by atoms with van der Waals surface area (Å²) < 4.78 is 5.45. The highest BCUT2D eigenvalue weighted by Crippen LogP contribution is 2.29. The summed E-state index contributed by atoms with van der Waals surface area (Å²) in [6, 6.07) is 1.87. The highest BCUT2D eigenvalue weighted by Gasteiger charge is 2.32. The Balaban J connectivity index is 2.02. The Morgan fingerprint density at radius 2 is 1.85 bits per heavy atom. The fourth-order valence-corrected chi connectivity index (χ4v) is 3.97. The van der Waals surface area contributed by atoms with Gasteiger partial charge in [0.1, 0.15) is 0 Å². The second-order valence-corrected chi connectivity index (χ2v) is 9.51. The van der Waals surface area contributed by atoms with E-state index in [0.717, 1.165) is 38.3 Å². The zero-order chi connectivity index (χ0) is 20.2. The third-order valence-electron chi connectivity index (χ3n) is 5.21. The number of ether oxygens (including phenoxy) is 1. The number of nitrogens with one attached hydrogen (secondary N) is 2. The van der Waals surface area contributed by atoms with Gasteiger partial charge in [0.05, 0.1) is 23.1 Å². The highest BCUT2D eigenvalue weighted by atomic mass is 32.1. The van der Waals surface area contributed by atoms with Crippen LogP contribution in [0.3, 0.4) is 0 Å². The number of morpholine rings is 1. The molecule has 27 heavy (non-hydrogen) atoms. The van der Waals surface area contributed by atoms with Crippen LogP contribution in [0.1, 0.15) is 56.3 Å². The maximum atomic E-state index is 12.8. The van der Waals surface area contributed by atoms with E-state index in [0.29, 0.717) is 16.4 Å². The van der Waals surface area contributed by atoms with Gasteiger partial charge in [0.2, 0.25) is 5.91 Å². The zero-order valence-corrected chi connectivity index (χ0v) is 18.2. The summed E-state index contributed by atoms with van der Waals surface area (Å²) in [7, 11) is 0. The molecule has 0 bridgehead atoms. The molecule has 2 heterocycles. The molecule has 1 aliphatic rings. The van der Waals surface area contributed by atoms with Gasteiger partial charge in [-0.05, 0) is 31.9 Å². The molecule has 0 saturated carbocycles. The maximum Gasteiger partial charge on any atom is 0.261 e. The summed E-state index contributed by atoms with van der Waals surface area (Å²) in [5.74, 6) is -0.136. The molecule has 2 N–H and O–H groups in total. The number of hydrogen-bond acceptors (Lipinski definition) is 5. The van der Waals surface area contributed by atoms with Crippen molar-refractivity contribution in [3.63, 3.8) is 0 Å². The number of anilines is 1. The number of aryl methyl sites for hydroxylation is 1. The number of carbonyl (C=O) groups is 2. The molecule has 1 aromatic rings. The van der Waals surface area contributed by atoms with Crippen molar-refractivity contribution in [1.29, 1.82) is 0 Å². The summed E-state index contributed by atoms with van der Waals surface area (Å²) in [6.07, 6.45) is 0.948. The minimum absolute atomic E-state index is 0.0541. The normalized spacial score (nSPS) is 18.0. The van der Waals surface area contributed by atoms with Gasteiger partial charge in [0, 0.05) is 30.6 Å². The van der Waals surface area contributed by atoms with Crippen molar-refractivity contribution in [2.24, 2.45) is 5.41 Å². The van der Waals surface area contributed by atoms with Crippen LogP contribution in [0, 0.1) is 12.3 Å². The second-order valence-electron chi connectivity index (χ2n) is 8.46. The van der Waals surface area contributed by atoms with Crippen LogP contribution in [0.15, 0.2) is 6.07 Å². The van der Waals surface area contributed by atoms with Gasteiger partial charge in [-0.1, -0.05) is 27.7 Å². The largest absolute Gasteiger partial charge is 0.379 e. The van der Waals surface area contributed by atoms with Crippen molar-refractivity contribution in [1.82, 2.24) is 10.2 Å². The van der Waals surface area contributed by atoms with Gasteiger partial charge in [-0.15, -0.1) is 11.3 Å². The first-order valence-corrected chi connectivity index (χ1v) is 10.4. The number of thiophene rings is 1. The van der Waals surface area contributed by atoms with Crippen LogP contribution in [0.4, 0.5) is 5.00 Å². The lowest BCUT2D eigenvalue weighted by Gasteiger charge is -2.43. The lowest BCUT2D eigenvalue weighted by atomic mass is 9.95. The standard InChI is InChI=1S/C20H33N3O3S/c1-7-20(6,23-8-10-26-11-9-23)13-21-17(24)16-14(2)12-15(27-16)22-18(25)19(3,4)5/h12H,7-11,13H2,1-6H3,(H,21,24)(H,22,25)/t20-/m0/s1. The van der Waals surface area contributed by atoms with Gasteiger partial charge >= 0.3 is 0 Å². The van der Waals surface area contributed by atoms with Crippen molar-refractivity contribution >= 4 is 28.2 Å². The molecule has 0 aliphatic carbocycles. The van der Waals surface area contributed by atoms with Crippen LogP contribution in [-0.2, 0) is 9.53 Å². The molecule has 1 aromatic heterocycles. The molecule has 1 saturated heterocycles. The van der Waals surface area contributed by atoms with Crippen molar-refractivity contribution in [2.75, 3.05) is 38.2 Å². The van der Waals surface area contributed by atoms with Gasteiger partial charge in [-0.25, -0.2) is 0 Å². The van der Waals surface area contributed by atoms with Crippen molar-refractivity contribution in [2.45, 2.75) is 53.5 Å². The Morgan fingerprint density at radius 1 is 1.22 bits per heavy atom. The molecule has 0 unspecified atom stereocenters. The summed E-state index contributed by atoms with van der Waals surface area (Å²) in [6.45, 7) is 15.7. The number of carbonyl (C=O) groups excluding carboxylic acids is 2. The Labute approximate surface area is 166 Å². The molecule has 1 atom stereocenters. The molecule has 2 rings (SSSR count). The number of amides is 2. The summed E-state index contributed by atoms with van der Waals surface area (Å²) in [5.41, 5.74) is 0.321. The monoisotopic (exact) mass is 395 g/mol. The average Bonchev–Trinajstić information content (AvgIpc) is 2.99. The van der Waals surface area contributed by atoms with Gasteiger partial charge in [0.25, 0.3) is 5.91 Å². The average molecular weight is 396 g/mol. The van der Waals surface area contributed by atoms with Gasteiger partial charge in [-0.3, -0.25) is 14.5 Å². The van der Waals surface area contributed by atoms with Crippen LogP contribution in [0.25, 0.3) is 0 Å². The topological polar surface area (TPSA) is 70.7 Å². The van der Waals surface area contributed by atoms with Crippen LogP contribution >= 0.6 is 11.3 Å². The quantitative estimate of drug-likeness (QED) is 0.776. The Bertz CT molecular complexity index is 675. The molecule has 0 radical (unpaired) electrons. The van der Waals surface area contributed by atoms with E-state index in [9.17, 15) is 9.59 Å². The first kappa shape index (κ1) is 21.9. The van der Waals surface area contributed by atoms with E-state index in [2.05, 4.69) is 29.4 Å². The predicted octanol–water partition coefficient (Wildman–Crippen LogP) is 3.27. The van der Waals surface area contributed by atoms with E-state index < -0.39 is 5.41 Å². The summed E-state index contributed by atoms with van der Waals surface area (Å²) in [5, 5.41) is 6.72. The summed E-state index contributed by atoms with van der Waals surface area (Å²) >= 11 is 1.33. The van der Waals surface area contributed by atoms with Crippen LogP contribution in [0.5, 0.6) is 0 Å². The second kappa shape index (κ2) is 8.71. The molecule has 7 heteroatoms. The first-order valence-electron chi connectivity index (χ1n) is 9.60. The van der Waals surface area contributed by atoms with Crippen molar-refractivity contribution in [3.05, 3.63) is 16.5 Å². The molecule has 1 aliphatic heterocycles. The van der Waals surface area contributed by atoms with Gasteiger partial charge in [0.15, 0.2) is 0 Å². The molecule has 6 nitrogen and oxygen atoms in total. The maximum absolute atomic E-state index is 12.8. The predicted molar refractivity (Wildman–Crippen MR) is 111 cm³/mol. The Morgan fingerprint density at radius 3 is 2.41 bits per heavy atom. The van der Waals surface area contributed by atoms with Crippen LogP contribution in [-0.4, -0.2) is 55.1 Å². The third-order valence-corrected chi connectivity index (χ3v) is 6.36. The molecule has 2 amide bonds. The number of rotatable bonds is 6. The minimum Gasteiger partial charge on any atom is -0.379 e. The Kier molecular flexibility index (Phi) is 7.05. The number of hydrogen-bond donors (Lipinski definition) is 2. The smallest absolute Gasteiger partial charge is 0.261 e. The summed E-state index contributed by atoms with van der Waals surface area (Å²) in [4.78, 5) is 28.0. The lowest BCUT2D eigenvalue weighted by Crippen LogP contribution is -2.56. The first-order chi connectivity index (χ1) is 12.6. The van der Waals surface area contributed by atoms with E-state index >= 15 is 0 Å². The Hall–Kier alpha value is -1.44. The van der Waals surface area contributed by atoms with Gasteiger partial charge < -0.3 is 15.4 Å². The molecular formula is C20H33N3O3S. The molecule has 1 fully saturated rings. The fraction of sp³-hybridized carbons (Fsp3) is 0.700.